The van der Waals surface area contributed by atoms with E-state index in [9.17, 15) is 9.90 Å². The summed E-state index contributed by atoms with van der Waals surface area (Å²) in [5, 5.41) is 9.34. The molecule has 1 heterocycles. The lowest BCUT2D eigenvalue weighted by Gasteiger charge is -2.09. The fourth-order valence-corrected chi connectivity index (χ4v) is 1.90. The quantitative estimate of drug-likeness (QED) is 0.850. The van der Waals surface area contributed by atoms with Gasteiger partial charge >= 0.3 is 5.97 Å². The molecular formula is C16H15NO2. The fraction of sp³-hybridized carbons (Fsp3) is 0.125. The van der Waals surface area contributed by atoms with Gasteiger partial charge in [-0.1, -0.05) is 49.4 Å². The average Bonchev–Trinajstić information content (AvgIpc) is 2.46. The summed E-state index contributed by atoms with van der Waals surface area (Å²) in [4.78, 5) is 15.4. The van der Waals surface area contributed by atoms with Crippen LogP contribution in [0.4, 0.5) is 0 Å². The molecule has 0 amide bonds. The van der Waals surface area contributed by atoms with Crippen molar-refractivity contribution in [3.63, 3.8) is 0 Å². The minimum atomic E-state index is -0.915. The first-order valence-electron chi connectivity index (χ1n) is 6.09. The highest BCUT2D eigenvalue weighted by Gasteiger charge is 2.12. The number of hydrogen-bond donors (Lipinski definition) is 1. The first kappa shape index (κ1) is 13.0. The molecular weight excluding hydrogens is 238 g/mol. The predicted molar refractivity (Wildman–Crippen MR) is 74.7 cm³/mol. The number of nitrogens with zero attached hydrogens (tertiary/aromatic N) is 1. The van der Waals surface area contributed by atoms with E-state index in [1.165, 1.54) is 0 Å². The molecule has 0 saturated heterocycles. The van der Waals surface area contributed by atoms with Crippen LogP contribution < -0.4 is 0 Å². The third-order valence-corrected chi connectivity index (χ3v) is 2.94. The summed E-state index contributed by atoms with van der Waals surface area (Å²) in [6.45, 7) is 1.96. The van der Waals surface area contributed by atoms with Gasteiger partial charge in [0.05, 0.1) is 5.57 Å². The number of rotatable bonds is 4. The van der Waals surface area contributed by atoms with Crippen molar-refractivity contribution in [3.05, 3.63) is 72.1 Å². The van der Waals surface area contributed by atoms with Crippen molar-refractivity contribution in [2.45, 2.75) is 12.8 Å². The molecule has 1 atom stereocenters. The van der Waals surface area contributed by atoms with Gasteiger partial charge < -0.3 is 5.11 Å². The molecule has 1 aromatic heterocycles. The Morgan fingerprint density at radius 2 is 1.95 bits per heavy atom. The molecule has 0 aliphatic carbocycles. The zero-order valence-corrected chi connectivity index (χ0v) is 10.7. The van der Waals surface area contributed by atoms with E-state index in [4.69, 9.17) is 0 Å². The summed E-state index contributed by atoms with van der Waals surface area (Å²) < 4.78 is 0. The first-order chi connectivity index (χ1) is 9.18. The van der Waals surface area contributed by atoms with Crippen LogP contribution in [0, 0.1) is 0 Å². The minimum Gasteiger partial charge on any atom is -0.478 e. The maximum atomic E-state index is 11.4. The Kier molecular flexibility index (Phi) is 4.08. The summed E-state index contributed by atoms with van der Waals surface area (Å²) >= 11 is 0. The molecule has 2 aromatic rings. The lowest BCUT2D eigenvalue weighted by atomic mass is 9.96. The van der Waals surface area contributed by atoms with Crippen molar-refractivity contribution < 1.29 is 9.90 Å². The van der Waals surface area contributed by atoms with Crippen LogP contribution in [0.15, 0.2) is 60.9 Å². The number of carbonyl (C=O) groups is 1. The SMILES string of the molecule is CC(C=C(C(=O)O)c1ccccc1)c1cccnc1. The van der Waals surface area contributed by atoms with Gasteiger partial charge in [0.25, 0.3) is 0 Å². The Morgan fingerprint density at radius 1 is 1.21 bits per heavy atom. The monoisotopic (exact) mass is 253 g/mol. The average molecular weight is 253 g/mol. The van der Waals surface area contributed by atoms with E-state index in [0.717, 1.165) is 5.56 Å². The third-order valence-electron chi connectivity index (χ3n) is 2.94. The van der Waals surface area contributed by atoms with Gasteiger partial charge in [-0.2, -0.15) is 0 Å². The topological polar surface area (TPSA) is 50.2 Å². The van der Waals surface area contributed by atoms with E-state index in [2.05, 4.69) is 4.98 Å². The van der Waals surface area contributed by atoms with Crippen LogP contribution in [0.3, 0.4) is 0 Å². The minimum absolute atomic E-state index is 0.00000567. The van der Waals surface area contributed by atoms with Crippen molar-refractivity contribution >= 4 is 11.5 Å². The van der Waals surface area contributed by atoms with Crippen molar-refractivity contribution in [3.8, 4) is 0 Å². The van der Waals surface area contributed by atoms with Crippen LogP contribution in [0.2, 0.25) is 0 Å². The Morgan fingerprint density at radius 3 is 2.53 bits per heavy atom. The number of pyridine rings is 1. The van der Waals surface area contributed by atoms with Crippen molar-refractivity contribution in [2.24, 2.45) is 0 Å². The Hall–Kier alpha value is -2.42. The second-order valence-electron chi connectivity index (χ2n) is 4.33. The second kappa shape index (κ2) is 5.96. The predicted octanol–water partition coefficient (Wildman–Crippen LogP) is 3.35. The van der Waals surface area contributed by atoms with Gasteiger partial charge in [-0.05, 0) is 17.2 Å². The van der Waals surface area contributed by atoms with Gasteiger partial charge in [-0.3, -0.25) is 4.98 Å². The zero-order chi connectivity index (χ0) is 13.7. The van der Waals surface area contributed by atoms with Gasteiger partial charge in [0, 0.05) is 18.3 Å². The highest BCUT2D eigenvalue weighted by Crippen LogP contribution is 2.22. The van der Waals surface area contributed by atoms with E-state index < -0.39 is 5.97 Å². The molecule has 0 saturated carbocycles. The molecule has 0 spiro atoms. The van der Waals surface area contributed by atoms with E-state index >= 15 is 0 Å². The number of benzene rings is 1. The number of allylic oxidation sites excluding steroid dienone is 1. The van der Waals surface area contributed by atoms with Crippen molar-refractivity contribution in [2.75, 3.05) is 0 Å². The molecule has 0 bridgehead atoms. The molecule has 0 aliphatic heterocycles. The Balaban J connectivity index is 2.35. The highest BCUT2D eigenvalue weighted by atomic mass is 16.4. The lowest BCUT2D eigenvalue weighted by molar-refractivity contribution is -0.130. The van der Waals surface area contributed by atoms with Gasteiger partial charge in [0.15, 0.2) is 0 Å². The van der Waals surface area contributed by atoms with E-state index in [1.54, 1.807) is 30.6 Å². The maximum Gasteiger partial charge on any atom is 0.335 e. The van der Waals surface area contributed by atoms with E-state index in [-0.39, 0.29) is 5.92 Å². The second-order valence-corrected chi connectivity index (χ2v) is 4.33. The zero-order valence-electron chi connectivity index (χ0n) is 10.7. The van der Waals surface area contributed by atoms with Crippen LogP contribution in [-0.2, 0) is 4.79 Å². The fourth-order valence-electron chi connectivity index (χ4n) is 1.90. The number of hydrogen-bond acceptors (Lipinski definition) is 2. The van der Waals surface area contributed by atoms with Crippen molar-refractivity contribution in [1.29, 1.82) is 0 Å². The molecule has 1 aromatic carbocycles. The molecule has 1 N–H and O–H groups in total. The molecule has 0 fully saturated rings. The van der Waals surface area contributed by atoms with Gasteiger partial charge in [-0.25, -0.2) is 4.79 Å². The van der Waals surface area contributed by atoms with Crippen LogP contribution in [0.1, 0.15) is 24.0 Å². The number of aliphatic carboxylic acids is 1. The van der Waals surface area contributed by atoms with Crippen LogP contribution in [0.5, 0.6) is 0 Å². The normalized spacial score (nSPS) is 13.0. The highest BCUT2D eigenvalue weighted by molar-refractivity contribution is 6.15. The lowest BCUT2D eigenvalue weighted by Crippen LogP contribution is -2.02. The third kappa shape index (κ3) is 3.28. The largest absolute Gasteiger partial charge is 0.478 e. The Bertz CT molecular complexity index is 576. The van der Waals surface area contributed by atoms with Crippen LogP contribution >= 0.6 is 0 Å². The maximum absolute atomic E-state index is 11.4. The van der Waals surface area contributed by atoms with Gasteiger partial charge in [0.1, 0.15) is 0 Å². The van der Waals surface area contributed by atoms with Gasteiger partial charge in [-0.15, -0.1) is 0 Å². The van der Waals surface area contributed by atoms with Crippen LogP contribution in [0.25, 0.3) is 5.57 Å². The first-order valence-corrected chi connectivity index (χ1v) is 6.09. The summed E-state index contributed by atoms with van der Waals surface area (Å²) in [6.07, 6.45) is 5.22. The smallest absolute Gasteiger partial charge is 0.335 e. The van der Waals surface area contributed by atoms with E-state index in [0.29, 0.717) is 11.1 Å². The number of carboxylic acids is 1. The Labute approximate surface area is 112 Å². The molecule has 0 radical (unpaired) electrons. The standard InChI is InChI=1S/C16H15NO2/c1-12(14-8-5-9-17-11-14)10-15(16(18)19)13-6-3-2-4-7-13/h2-12H,1H3,(H,18,19). The summed E-state index contributed by atoms with van der Waals surface area (Å²) in [6, 6.07) is 12.9. The molecule has 1 unspecified atom stereocenters. The van der Waals surface area contributed by atoms with Gasteiger partial charge in [0.2, 0.25) is 0 Å². The number of aromatic nitrogens is 1. The molecule has 19 heavy (non-hydrogen) atoms. The molecule has 3 nitrogen and oxygen atoms in total. The summed E-state index contributed by atoms with van der Waals surface area (Å²) in [5.41, 5.74) is 2.03. The van der Waals surface area contributed by atoms with E-state index in [1.807, 2.05) is 37.3 Å². The van der Waals surface area contributed by atoms with Crippen molar-refractivity contribution in [1.82, 2.24) is 4.98 Å². The van der Waals surface area contributed by atoms with Crippen LogP contribution in [-0.4, -0.2) is 16.1 Å². The molecule has 0 aliphatic rings. The number of carboxylic acid groups (broad SMARTS) is 1. The molecule has 3 heteroatoms. The summed E-state index contributed by atoms with van der Waals surface area (Å²) in [5.74, 6) is -0.915. The summed E-state index contributed by atoms with van der Waals surface area (Å²) in [7, 11) is 0. The molecule has 96 valence electrons. The molecule has 2 rings (SSSR count).